The van der Waals surface area contributed by atoms with Crippen LogP contribution in [0, 0.1) is 11.8 Å². The Morgan fingerprint density at radius 1 is 1.82 bits per heavy atom. The summed E-state index contributed by atoms with van der Waals surface area (Å²) in [5.74, 6) is 0.637. The third-order valence-corrected chi connectivity index (χ3v) is 1.83. The molecule has 60 valence electrons. The van der Waals surface area contributed by atoms with E-state index >= 15 is 0 Å². The summed E-state index contributed by atoms with van der Waals surface area (Å²) in [5, 5.41) is 0. The smallest absolute Gasteiger partial charge is 0.122 e. The van der Waals surface area contributed by atoms with Crippen LogP contribution in [0.5, 0.6) is 0 Å². The molecule has 1 rings (SSSR count). The van der Waals surface area contributed by atoms with Gasteiger partial charge in [0.15, 0.2) is 0 Å². The molecule has 2 heteroatoms. The lowest BCUT2D eigenvalue weighted by atomic mass is 9.94. The van der Waals surface area contributed by atoms with Gasteiger partial charge in [-0.15, -0.1) is 0 Å². The number of hydrogen-bond acceptors (Lipinski definition) is 2. The molecule has 0 saturated heterocycles. The molecule has 0 N–H and O–H groups in total. The summed E-state index contributed by atoms with van der Waals surface area (Å²) in [4.78, 5) is 14.3. The van der Waals surface area contributed by atoms with E-state index in [1.54, 1.807) is 0 Å². The van der Waals surface area contributed by atoms with Crippen LogP contribution in [0.25, 0.3) is 0 Å². The van der Waals surface area contributed by atoms with Gasteiger partial charge in [0.25, 0.3) is 0 Å². The van der Waals surface area contributed by atoms with Crippen molar-refractivity contribution in [1.29, 1.82) is 0 Å². The van der Waals surface area contributed by atoms with Crippen molar-refractivity contribution in [1.82, 2.24) is 0 Å². The molecule has 0 spiro atoms. The van der Waals surface area contributed by atoms with Crippen LogP contribution in [0.1, 0.15) is 19.8 Å². The van der Waals surface area contributed by atoms with Gasteiger partial charge in [-0.2, -0.15) is 0 Å². The minimum absolute atomic E-state index is 0.165. The van der Waals surface area contributed by atoms with Crippen LogP contribution >= 0.6 is 0 Å². The number of rotatable bonds is 3. The molecule has 2 unspecified atom stereocenters. The zero-order valence-corrected chi connectivity index (χ0v) is 6.73. The number of aliphatic imine (C=N–C) groups is 1. The average molecular weight is 151 g/mol. The second-order valence-corrected chi connectivity index (χ2v) is 3.03. The van der Waals surface area contributed by atoms with E-state index in [9.17, 15) is 4.79 Å². The van der Waals surface area contributed by atoms with Crippen molar-refractivity contribution in [2.24, 2.45) is 16.8 Å². The predicted octanol–water partition coefficient (Wildman–Crippen LogP) is 1.82. The van der Waals surface area contributed by atoms with E-state index in [1.807, 2.05) is 25.4 Å². The van der Waals surface area contributed by atoms with Crippen molar-refractivity contribution in [3.8, 4) is 0 Å². The van der Waals surface area contributed by atoms with Gasteiger partial charge >= 0.3 is 0 Å². The Morgan fingerprint density at radius 3 is 3.18 bits per heavy atom. The maximum atomic E-state index is 10.3. The van der Waals surface area contributed by atoms with Gasteiger partial charge in [-0.3, -0.25) is 4.99 Å². The lowest BCUT2D eigenvalue weighted by molar-refractivity contribution is -0.110. The van der Waals surface area contributed by atoms with Crippen molar-refractivity contribution in [2.45, 2.75) is 19.8 Å². The van der Waals surface area contributed by atoms with Crippen molar-refractivity contribution >= 4 is 12.5 Å². The summed E-state index contributed by atoms with van der Waals surface area (Å²) in [6.07, 6.45) is 8.75. The van der Waals surface area contributed by atoms with Crippen molar-refractivity contribution in [2.75, 3.05) is 0 Å². The highest BCUT2D eigenvalue weighted by Crippen LogP contribution is 2.15. The monoisotopic (exact) mass is 151 g/mol. The summed E-state index contributed by atoms with van der Waals surface area (Å²) < 4.78 is 0. The van der Waals surface area contributed by atoms with Gasteiger partial charge in [-0.05, 0) is 18.8 Å². The molecule has 1 aliphatic heterocycles. The largest absolute Gasteiger partial charge is 0.303 e. The zero-order chi connectivity index (χ0) is 8.10. The normalized spacial score (nSPS) is 25.0. The number of carbonyl (C=O) groups excluding carboxylic acids is 1. The van der Waals surface area contributed by atoms with E-state index in [2.05, 4.69) is 4.99 Å². The lowest BCUT2D eigenvalue weighted by Crippen LogP contribution is -2.09. The number of aldehydes is 1. The topological polar surface area (TPSA) is 29.4 Å². The maximum absolute atomic E-state index is 10.3. The Bertz CT molecular complexity index is 184. The third-order valence-electron chi connectivity index (χ3n) is 1.83. The molecule has 0 aromatic heterocycles. The fourth-order valence-electron chi connectivity index (χ4n) is 1.22. The first-order valence-electron chi connectivity index (χ1n) is 3.96. The highest BCUT2D eigenvalue weighted by atomic mass is 16.1. The fourth-order valence-corrected chi connectivity index (χ4v) is 1.22. The van der Waals surface area contributed by atoms with Gasteiger partial charge in [-0.1, -0.05) is 13.0 Å². The van der Waals surface area contributed by atoms with Crippen LogP contribution < -0.4 is 0 Å². The zero-order valence-electron chi connectivity index (χ0n) is 6.73. The molecule has 1 aliphatic rings. The first-order valence-corrected chi connectivity index (χ1v) is 3.96. The Morgan fingerprint density at radius 2 is 2.64 bits per heavy atom. The van der Waals surface area contributed by atoms with E-state index < -0.39 is 0 Å². The lowest BCUT2D eigenvalue weighted by Gasteiger charge is -2.12. The molecule has 11 heavy (non-hydrogen) atoms. The number of hydrogen-bond donors (Lipinski definition) is 0. The summed E-state index contributed by atoms with van der Waals surface area (Å²) in [7, 11) is 0. The summed E-state index contributed by atoms with van der Waals surface area (Å²) in [6.45, 7) is 1.94. The quantitative estimate of drug-likeness (QED) is 0.566. The molecular weight excluding hydrogens is 138 g/mol. The molecule has 0 saturated carbocycles. The molecule has 0 fully saturated rings. The van der Waals surface area contributed by atoms with Crippen LogP contribution in [0.4, 0.5) is 0 Å². The van der Waals surface area contributed by atoms with Gasteiger partial charge in [0.05, 0.1) is 0 Å². The van der Waals surface area contributed by atoms with Crippen molar-refractivity contribution < 1.29 is 4.79 Å². The second-order valence-electron chi connectivity index (χ2n) is 3.03. The van der Waals surface area contributed by atoms with Crippen molar-refractivity contribution in [3.63, 3.8) is 0 Å². The Kier molecular flexibility index (Phi) is 3.02. The van der Waals surface area contributed by atoms with Gasteiger partial charge in [-0.25, -0.2) is 0 Å². The second kappa shape index (κ2) is 4.06. The van der Waals surface area contributed by atoms with E-state index in [0.29, 0.717) is 5.92 Å². The SMILES string of the molecule is CC(C=O)CC1C=NC=CC1. The summed E-state index contributed by atoms with van der Waals surface area (Å²) >= 11 is 0. The molecule has 2 atom stereocenters. The maximum Gasteiger partial charge on any atom is 0.122 e. The first-order chi connectivity index (χ1) is 5.33. The van der Waals surface area contributed by atoms with Crippen LogP contribution in [0.3, 0.4) is 0 Å². The number of allylic oxidation sites excluding steroid dienone is 1. The molecule has 0 aliphatic carbocycles. The average Bonchev–Trinajstić information content (AvgIpc) is 2.06. The molecular formula is C9H13NO. The minimum Gasteiger partial charge on any atom is -0.303 e. The Hall–Kier alpha value is -0.920. The van der Waals surface area contributed by atoms with Gasteiger partial charge in [0, 0.05) is 18.3 Å². The van der Waals surface area contributed by atoms with Gasteiger partial charge in [0.2, 0.25) is 0 Å². The predicted molar refractivity (Wildman–Crippen MR) is 45.6 cm³/mol. The van der Waals surface area contributed by atoms with Crippen LogP contribution in [0.15, 0.2) is 17.3 Å². The van der Waals surface area contributed by atoms with Gasteiger partial charge < -0.3 is 4.79 Å². The third kappa shape index (κ3) is 2.66. The molecule has 0 radical (unpaired) electrons. The Labute approximate surface area is 67.0 Å². The fraction of sp³-hybridized carbons (Fsp3) is 0.556. The molecule has 0 aromatic rings. The standard InChI is InChI=1S/C9H13NO/c1-8(7-11)5-9-3-2-4-10-6-9/h2,4,6-9H,3,5H2,1H3. The first kappa shape index (κ1) is 8.18. The Balaban J connectivity index is 2.32. The highest BCUT2D eigenvalue weighted by molar-refractivity contribution is 5.64. The minimum atomic E-state index is 0.165. The van der Waals surface area contributed by atoms with E-state index in [1.165, 1.54) is 0 Å². The molecule has 0 aromatic carbocycles. The summed E-state index contributed by atoms with van der Waals surface area (Å²) in [6, 6.07) is 0. The van der Waals surface area contributed by atoms with Crippen LogP contribution in [-0.2, 0) is 4.79 Å². The van der Waals surface area contributed by atoms with Crippen molar-refractivity contribution in [3.05, 3.63) is 12.3 Å². The van der Waals surface area contributed by atoms with E-state index in [0.717, 1.165) is 19.1 Å². The molecule has 0 bridgehead atoms. The molecule has 0 amide bonds. The van der Waals surface area contributed by atoms with E-state index in [4.69, 9.17) is 0 Å². The highest BCUT2D eigenvalue weighted by Gasteiger charge is 2.10. The van der Waals surface area contributed by atoms with E-state index in [-0.39, 0.29) is 5.92 Å². The number of nitrogens with zero attached hydrogens (tertiary/aromatic N) is 1. The summed E-state index contributed by atoms with van der Waals surface area (Å²) in [5.41, 5.74) is 0. The van der Waals surface area contributed by atoms with Gasteiger partial charge in [0.1, 0.15) is 6.29 Å². The molecule has 2 nitrogen and oxygen atoms in total. The molecule has 1 heterocycles. The number of carbonyl (C=O) groups is 1. The van der Waals surface area contributed by atoms with Crippen LogP contribution in [-0.4, -0.2) is 12.5 Å². The van der Waals surface area contributed by atoms with Crippen LogP contribution in [0.2, 0.25) is 0 Å².